The zero-order chi connectivity index (χ0) is 9.78. The third kappa shape index (κ3) is 6.05. The van der Waals surface area contributed by atoms with Crippen LogP contribution in [0.4, 0.5) is 0 Å². The Morgan fingerprint density at radius 2 is 1.58 bits per heavy atom. The predicted molar refractivity (Wildman–Crippen MR) is 60.8 cm³/mol. The largest absolute Gasteiger partial charge is 0.0925 e. The summed E-state index contributed by atoms with van der Waals surface area (Å²) in [6.45, 7) is 11.7. The summed E-state index contributed by atoms with van der Waals surface area (Å²) in [7, 11) is 0. The minimum Gasteiger partial charge on any atom is -0.0925 e. The van der Waals surface area contributed by atoms with Crippen molar-refractivity contribution in [3.05, 3.63) is 0 Å². The van der Waals surface area contributed by atoms with E-state index in [0.29, 0.717) is 5.41 Å². The topological polar surface area (TPSA) is 0 Å². The van der Waals surface area contributed by atoms with Crippen LogP contribution < -0.4 is 0 Å². The molecule has 74 valence electrons. The summed E-state index contributed by atoms with van der Waals surface area (Å²) in [5, 5.41) is 1.13. The number of hydrogen-bond donors (Lipinski definition) is 0. The fourth-order valence-corrected chi connectivity index (χ4v) is 2.42. The lowest BCUT2D eigenvalue weighted by Gasteiger charge is -2.29. The van der Waals surface area contributed by atoms with Gasteiger partial charge in [0.25, 0.3) is 0 Å². The first kappa shape index (κ1) is 12.5. The van der Waals surface area contributed by atoms with E-state index in [9.17, 15) is 0 Å². The van der Waals surface area contributed by atoms with Crippen LogP contribution in [-0.2, 0) is 0 Å². The smallest absolute Gasteiger partial charge is 0.00572 e. The van der Waals surface area contributed by atoms with Crippen LogP contribution in [0.15, 0.2) is 0 Å². The minimum atomic E-state index is 0.515. The predicted octanol–water partition coefficient (Wildman–Crippen LogP) is 4.48. The van der Waals surface area contributed by atoms with Crippen LogP contribution in [0.3, 0.4) is 0 Å². The average molecular weight is 235 g/mol. The van der Waals surface area contributed by atoms with E-state index >= 15 is 0 Å². The third-order valence-electron chi connectivity index (χ3n) is 2.13. The molecule has 1 unspecified atom stereocenters. The molecular formula is C11H23Br. The van der Waals surface area contributed by atoms with E-state index in [1.807, 2.05) is 0 Å². The zero-order valence-corrected chi connectivity index (χ0v) is 10.7. The molecule has 0 heterocycles. The van der Waals surface area contributed by atoms with Crippen LogP contribution in [0, 0.1) is 17.3 Å². The van der Waals surface area contributed by atoms with E-state index in [-0.39, 0.29) is 0 Å². The van der Waals surface area contributed by atoms with Gasteiger partial charge in [0.2, 0.25) is 0 Å². The summed E-state index contributed by atoms with van der Waals surface area (Å²) in [5.41, 5.74) is 0.515. The van der Waals surface area contributed by atoms with E-state index in [2.05, 4.69) is 50.5 Å². The van der Waals surface area contributed by atoms with Crippen molar-refractivity contribution in [2.24, 2.45) is 17.3 Å². The van der Waals surface area contributed by atoms with E-state index in [0.717, 1.165) is 17.2 Å². The van der Waals surface area contributed by atoms with Gasteiger partial charge < -0.3 is 0 Å². The van der Waals surface area contributed by atoms with Crippen molar-refractivity contribution in [1.82, 2.24) is 0 Å². The molecule has 0 nitrogen and oxygen atoms in total. The minimum absolute atomic E-state index is 0.515. The molecule has 0 bridgehead atoms. The second-order valence-corrected chi connectivity index (χ2v) is 5.87. The van der Waals surface area contributed by atoms with Crippen LogP contribution in [0.2, 0.25) is 0 Å². The van der Waals surface area contributed by atoms with Crippen molar-refractivity contribution >= 4 is 15.9 Å². The van der Waals surface area contributed by atoms with Gasteiger partial charge in [-0.3, -0.25) is 0 Å². The van der Waals surface area contributed by atoms with Crippen LogP contribution in [0.5, 0.6) is 0 Å². The van der Waals surface area contributed by atoms with E-state index in [1.165, 1.54) is 12.8 Å². The van der Waals surface area contributed by atoms with Crippen LogP contribution in [0.1, 0.15) is 47.5 Å². The highest BCUT2D eigenvalue weighted by Gasteiger charge is 2.21. The summed E-state index contributed by atoms with van der Waals surface area (Å²) in [4.78, 5) is 0. The molecule has 0 aromatic heterocycles. The Bertz CT molecular complexity index is 116. The highest BCUT2D eigenvalue weighted by molar-refractivity contribution is 9.09. The lowest BCUT2D eigenvalue weighted by molar-refractivity contribution is 0.235. The third-order valence-corrected chi connectivity index (χ3v) is 3.23. The van der Waals surface area contributed by atoms with E-state index < -0.39 is 0 Å². The fourth-order valence-electron chi connectivity index (χ4n) is 2.19. The average Bonchev–Trinajstić information content (AvgIpc) is 1.83. The molecule has 0 spiro atoms. The lowest BCUT2D eigenvalue weighted by Crippen LogP contribution is -2.18. The van der Waals surface area contributed by atoms with Gasteiger partial charge in [0.1, 0.15) is 0 Å². The van der Waals surface area contributed by atoms with Crippen LogP contribution >= 0.6 is 15.9 Å². The van der Waals surface area contributed by atoms with Crippen molar-refractivity contribution in [2.45, 2.75) is 47.5 Å². The summed E-state index contributed by atoms with van der Waals surface area (Å²) in [5.74, 6) is 1.63. The molecule has 0 saturated heterocycles. The summed E-state index contributed by atoms with van der Waals surface area (Å²) < 4.78 is 0. The first-order chi connectivity index (χ1) is 5.37. The van der Waals surface area contributed by atoms with Gasteiger partial charge in [-0.05, 0) is 30.1 Å². The quantitative estimate of drug-likeness (QED) is 0.616. The second-order valence-electron chi connectivity index (χ2n) is 5.23. The molecule has 0 rings (SSSR count). The molecule has 0 saturated carbocycles. The van der Waals surface area contributed by atoms with E-state index in [4.69, 9.17) is 0 Å². The van der Waals surface area contributed by atoms with Crippen molar-refractivity contribution in [3.63, 3.8) is 0 Å². The second kappa shape index (κ2) is 5.26. The highest BCUT2D eigenvalue weighted by atomic mass is 79.9. The van der Waals surface area contributed by atoms with Gasteiger partial charge in [-0.15, -0.1) is 0 Å². The normalized spacial score (nSPS) is 15.2. The van der Waals surface area contributed by atoms with Gasteiger partial charge in [-0.2, -0.15) is 0 Å². The monoisotopic (exact) mass is 234 g/mol. The molecule has 0 fully saturated rings. The van der Waals surface area contributed by atoms with Crippen LogP contribution in [-0.4, -0.2) is 5.33 Å². The SMILES string of the molecule is CC(C)CC(C)(C)CC(C)CBr. The summed E-state index contributed by atoms with van der Waals surface area (Å²) >= 11 is 3.53. The highest BCUT2D eigenvalue weighted by Crippen LogP contribution is 2.32. The molecule has 0 radical (unpaired) electrons. The fraction of sp³-hybridized carbons (Fsp3) is 1.00. The van der Waals surface area contributed by atoms with Gasteiger partial charge >= 0.3 is 0 Å². The molecular weight excluding hydrogens is 212 g/mol. The Morgan fingerprint density at radius 1 is 1.08 bits per heavy atom. The number of rotatable bonds is 5. The summed E-state index contributed by atoms with van der Waals surface area (Å²) in [6.07, 6.45) is 2.67. The standard InChI is InChI=1S/C11H23Br/c1-9(2)6-11(4,5)7-10(3)8-12/h9-10H,6-8H2,1-5H3. The van der Waals surface area contributed by atoms with Crippen LogP contribution in [0.25, 0.3) is 0 Å². The Kier molecular flexibility index (Phi) is 5.47. The van der Waals surface area contributed by atoms with Gasteiger partial charge in [0.15, 0.2) is 0 Å². The number of hydrogen-bond acceptors (Lipinski definition) is 0. The maximum atomic E-state index is 3.53. The van der Waals surface area contributed by atoms with Gasteiger partial charge in [0.05, 0.1) is 0 Å². The molecule has 12 heavy (non-hydrogen) atoms. The molecule has 0 aliphatic carbocycles. The van der Waals surface area contributed by atoms with E-state index in [1.54, 1.807) is 0 Å². The first-order valence-electron chi connectivity index (χ1n) is 4.93. The molecule has 0 aliphatic rings. The van der Waals surface area contributed by atoms with Crippen molar-refractivity contribution in [2.75, 3.05) is 5.33 Å². The Balaban J connectivity index is 3.85. The van der Waals surface area contributed by atoms with Gasteiger partial charge in [-0.1, -0.05) is 50.5 Å². The molecule has 0 aromatic rings. The molecule has 0 aliphatic heterocycles. The molecule has 1 heteroatoms. The summed E-state index contributed by atoms with van der Waals surface area (Å²) in [6, 6.07) is 0. The van der Waals surface area contributed by atoms with Gasteiger partial charge in [0, 0.05) is 5.33 Å². The maximum absolute atomic E-state index is 3.53. The van der Waals surface area contributed by atoms with Crippen molar-refractivity contribution in [3.8, 4) is 0 Å². The van der Waals surface area contributed by atoms with Crippen molar-refractivity contribution < 1.29 is 0 Å². The lowest BCUT2D eigenvalue weighted by atomic mass is 9.78. The molecule has 0 aromatic carbocycles. The molecule has 0 N–H and O–H groups in total. The Labute approximate surface area is 86.3 Å². The number of alkyl halides is 1. The molecule has 1 atom stereocenters. The van der Waals surface area contributed by atoms with Crippen molar-refractivity contribution in [1.29, 1.82) is 0 Å². The van der Waals surface area contributed by atoms with Gasteiger partial charge in [-0.25, -0.2) is 0 Å². The number of halogens is 1. The zero-order valence-electron chi connectivity index (χ0n) is 9.15. The Morgan fingerprint density at radius 3 is 1.92 bits per heavy atom. The first-order valence-corrected chi connectivity index (χ1v) is 6.05. The Hall–Kier alpha value is 0.480. The maximum Gasteiger partial charge on any atom is 0.00572 e. The molecule has 0 amide bonds.